The normalized spacial score (nSPS) is 12.6. The molecule has 6 nitrogen and oxygen atoms in total. The molecule has 0 aliphatic carbocycles. The molecule has 0 N–H and O–H groups in total. The summed E-state index contributed by atoms with van der Waals surface area (Å²) in [6, 6.07) is 0. The first kappa shape index (κ1) is 57.9. The Hall–Kier alpha value is -3.15. The largest absolute Gasteiger partial charge is 0.462 e. The van der Waals surface area contributed by atoms with E-state index in [1.807, 2.05) is 0 Å². The predicted molar refractivity (Wildman–Crippen MR) is 261 cm³/mol. The van der Waals surface area contributed by atoms with Crippen LogP contribution in [-0.2, 0) is 28.6 Å². The Balaban J connectivity index is 3.91. The zero-order chi connectivity index (χ0) is 44.4. The summed E-state index contributed by atoms with van der Waals surface area (Å²) < 4.78 is 16.5. The topological polar surface area (TPSA) is 78.9 Å². The van der Waals surface area contributed by atoms with Gasteiger partial charge in [-0.1, -0.05) is 222 Å². The molecule has 0 amide bonds. The van der Waals surface area contributed by atoms with Crippen molar-refractivity contribution in [2.75, 3.05) is 13.2 Å². The Bertz CT molecular complexity index is 1160. The second-order valence-corrected chi connectivity index (χ2v) is 16.7. The van der Waals surface area contributed by atoms with Crippen LogP contribution in [0.4, 0.5) is 0 Å². The maximum atomic E-state index is 12.6. The molecule has 1 atom stereocenters. The molecule has 350 valence electrons. The fourth-order valence-corrected chi connectivity index (χ4v) is 6.92. The number of carbonyl (C=O) groups is 3. The molecule has 0 saturated heterocycles. The number of esters is 3. The number of allylic oxidation sites excluding steroid dienone is 12. The van der Waals surface area contributed by atoms with Crippen molar-refractivity contribution in [1.82, 2.24) is 0 Å². The van der Waals surface area contributed by atoms with E-state index in [2.05, 4.69) is 93.7 Å². The third kappa shape index (κ3) is 47.7. The lowest BCUT2D eigenvalue weighted by atomic mass is 10.0. The zero-order valence-electron chi connectivity index (χ0n) is 39.9. The molecule has 0 aromatic heterocycles. The van der Waals surface area contributed by atoms with Gasteiger partial charge in [-0.15, -0.1) is 0 Å². The summed E-state index contributed by atoms with van der Waals surface area (Å²) in [6.07, 6.45) is 62.4. The molecule has 6 heteroatoms. The SMILES string of the molecule is CC/C=C\C/C=C\C/C=C\C/C=C\C/C=C\C/C=C\CCCCCCCCCCCCCCC(=O)OCC(COC(=O)CCCCCCC)OC(=O)CCCCCCCCC. The molecule has 1 unspecified atom stereocenters. The van der Waals surface area contributed by atoms with Gasteiger partial charge in [0.2, 0.25) is 0 Å². The Morgan fingerprint density at radius 2 is 0.639 bits per heavy atom. The third-order valence-corrected chi connectivity index (χ3v) is 10.7. The van der Waals surface area contributed by atoms with E-state index >= 15 is 0 Å². The average molecular weight is 851 g/mol. The lowest BCUT2D eigenvalue weighted by molar-refractivity contribution is -0.167. The summed E-state index contributed by atoms with van der Waals surface area (Å²) >= 11 is 0. The molecular weight excluding hydrogens is 757 g/mol. The van der Waals surface area contributed by atoms with Crippen LogP contribution in [0, 0.1) is 0 Å². The standard InChI is InChI=1S/C55H94O6/c1-4-7-10-13-15-16-17-18-19-20-21-22-23-24-25-26-27-28-29-30-31-32-33-34-35-36-37-38-40-42-45-48-54(57)60-51-52(50-59-53(56)47-44-41-12-9-6-3)61-55(58)49-46-43-39-14-11-8-5-2/h7,10,15-16,18-19,21-22,24-25,27-28,52H,4-6,8-9,11-14,17,20,23,26,29-51H2,1-3H3/b10-7-,16-15-,19-18-,22-21-,25-24-,28-27-. The molecule has 0 aromatic carbocycles. The highest BCUT2D eigenvalue weighted by Crippen LogP contribution is 2.15. The predicted octanol–water partition coefficient (Wildman–Crippen LogP) is 16.6. The van der Waals surface area contributed by atoms with Gasteiger partial charge in [-0.25, -0.2) is 0 Å². The molecule has 0 aromatic rings. The van der Waals surface area contributed by atoms with Gasteiger partial charge in [0.25, 0.3) is 0 Å². The highest BCUT2D eigenvalue weighted by molar-refractivity contribution is 5.71. The fraction of sp³-hybridized carbons (Fsp3) is 0.727. The zero-order valence-corrected chi connectivity index (χ0v) is 39.9. The van der Waals surface area contributed by atoms with Crippen LogP contribution < -0.4 is 0 Å². The van der Waals surface area contributed by atoms with Gasteiger partial charge in [0.05, 0.1) is 0 Å². The molecule has 0 aliphatic heterocycles. The maximum absolute atomic E-state index is 12.6. The van der Waals surface area contributed by atoms with Crippen LogP contribution in [0.3, 0.4) is 0 Å². The summed E-state index contributed by atoms with van der Waals surface area (Å²) in [7, 11) is 0. The fourth-order valence-electron chi connectivity index (χ4n) is 6.92. The van der Waals surface area contributed by atoms with Gasteiger partial charge in [-0.05, 0) is 70.6 Å². The number of hydrogen-bond acceptors (Lipinski definition) is 6. The van der Waals surface area contributed by atoms with Crippen LogP contribution >= 0.6 is 0 Å². The van der Waals surface area contributed by atoms with E-state index in [1.54, 1.807) is 0 Å². The highest BCUT2D eigenvalue weighted by Gasteiger charge is 2.19. The van der Waals surface area contributed by atoms with Crippen LogP contribution in [0.5, 0.6) is 0 Å². The van der Waals surface area contributed by atoms with E-state index in [4.69, 9.17) is 14.2 Å². The summed E-state index contributed by atoms with van der Waals surface area (Å²) in [6.45, 7) is 6.38. The number of rotatable bonds is 45. The van der Waals surface area contributed by atoms with E-state index in [0.717, 1.165) is 103 Å². The lowest BCUT2D eigenvalue weighted by Gasteiger charge is -2.18. The minimum atomic E-state index is -0.765. The van der Waals surface area contributed by atoms with Gasteiger partial charge >= 0.3 is 17.9 Å². The van der Waals surface area contributed by atoms with Gasteiger partial charge in [-0.3, -0.25) is 14.4 Å². The first-order valence-electron chi connectivity index (χ1n) is 25.4. The summed E-state index contributed by atoms with van der Waals surface area (Å²) in [5, 5.41) is 0. The molecule has 0 heterocycles. The van der Waals surface area contributed by atoms with Crippen molar-refractivity contribution in [3.8, 4) is 0 Å². The van der Waals surface area contributed by atoms with E-state index in [9.17, 15) is 14.4 Å². The van der Waals surface area contributed by atoms with Crippen molar-refractivity contribution in [3.05, 3.63) is 72.9 Å². The van der Waals surface area contributed by atoms with Crippen molar-refractivity contribution in [3.63, 3.8) is 0 Å². The van der Waals surface area contributed by atoms with Gasteiger partial charge in [0.1, 0.15) is 13.2 Å². The number of unbranched alkanes of at least 4 members (excludes halogenated alkanes) is 22. The van der Waals surface area contributed by atoms with Crippen LogP contribution in [0.15, 0.2) is 72.9 Å². The average Bonchev–Trinajstić information content (AvgIpc) is 3.26. The minimum absolute atomic E-state index is 0.0745. The molecule has 0 bridgehead atoms. The molecule has 0 radical (unpaired) electrons. The Morgan fingerprint density at radius 1 is 0.344 bits per heavy atom. The van der Waals surface area contributed by atoms with Gasteiger partial charge in [0, 0.05) is 19.3 Å². The molecule has 0 rings (SSSR count). The van der Waals surface area contributed by atoms with Crippen LogP contribution in [0.25, 0.3) is 0 Å². The monoisotopic (exact) mass is 851 g/mol. The first-order chi connectivity index (χ1) is 30.0. The minimum Gasteiger partial charge on any atom is -0.462 e. The number of hydrogen-bond donors (Lipinski definition) is 0. The van der Waals surface area contributed by atoms with Crippen molar-refractivity contribution < 1.29 is 28.6 Å². The van der Waals surface area contributed by atoms with Gasteiger partial charge in [-0.2, -0.15) is 0 Å². The second-order valence-electron chi connectivity index (χ2n) is 16.7. The third-order valence-electron chi connectivity index (χ3n) is 10.7. The Morgan fingerprint density at radius 3 is 1.00 bits per heavy atom. The van der Waals surface area contributed by atoms with E-state index in [0.29, 0.717) is 19.3 Å². The van der Waals surface area contributed by atoms with E-state index in [1.165, 1.54) is 96.3 Å². The summed E-state index contributed by atoms with van der Waals surface area (Å²) in [5.74, 6) is -0.898. The summed E-state index contributed by atoms with van der Waals surface area (Å²) in [5.41, 5.74) is 0. The quantitative estimate of drug-likeness (QED) is 0.0263. The van der Waals surface area contributed by atoms with Crippen molar-refractivity contribution in [1.29, 1.82) is 0 Å². The van der Waals surface area contributed by atoms with Crippen molar-refractivity contribution in [2.24, 2.45) is 0 Å². The van der Waals surface area contributed by atoms with Crippen molar-refractivity contribution in [2.45, 2.75) is 245 Å². The second kappa shape index (κ2) is 49.5. The van der Waals surface area contributed by atoms with Crippen LogP contribution in [-0.4, -0.2) is 37.2 Å². The molecule has 0 aliphatic rings. The van der Waals surface area contributed by atoms with Gasteiger partial charge < -0.3 is 14.2 Å². The molecule has 61 heavy (non-hydrogen) atoms. The van der Waals surface area contributed by atoms with E-state index < -0.39 is 6.10 Å². The Labute approximate surface area is 376 Å². The lowest BCUT2D eigenvalue weighted by Crippen LogP contribution is -2.30. The molecule has 0 fully saturated rings. The Kier molecular flexibility index (Phi) is 46.9. The molecular formula is C55H94O6. The van der Waals surface area contributed by atoms with Crippen LogP contribution in [0.2, 0.25) is 0 Å². The highest BCUT2D eigenvalue weighted by atomic mass is 16.6. The molecule has 0 spiro atoms. The molecule has 0 saturated carbocycles. The van der Waals surface area contributed by atoms with Crippen molar-refractivity contribution >= 4 is 17.9 Å². The van der Waals surface area contributed by atoms with E-state index in [-0.39, 0.29) is 31.1 Å². The number of carbonyl (C=O) groups excluding carboxylic acids is 3. The smallest absolute Gasteiger partial charge is 0.306 e. The van der Waals surface area contributed by atoms with Crippen LogP contribution in [0.1, 0.15) is 239 Å². The maximum Gasteiger partial charge on any atom is 0.306 e. The van der Waals surface area contributed by atoms with Gasteiger partial charge in [0.15, 0.2) is 6.10 Å². The first-order valence-corrected chi connectivity index (χ1v) is 25.4. The summed E-state index contributed by atoms with van der Waals surface area (Å²) in [4.78, 5) is 37.4. The number of ether oxygens (including phenoxy) is 3.